The second-order valence-corrected chi connectivity index (χ2v) is 5.75. The van der Waals surface area contributed by atoms with Crippen molar-refractivity contribution in [3.05, 3.63) is 36.2 Å². The van der Waals surface area contributed by atoms with Crippen molar-refractivity contribution >= 4 is 11.0 Å². The van der Waals surface area contributed by atoms with Gasteiger partial charge in [-0.1, -0.05) is 32.9 Å². The van der Waals surface area contributed by atoms with Gasteiger partial charge < -0.3 is 5.32 Å². The number of benzene rings is 1. The normalized spacial score (nSPS) is 13.0. The van der Waals surface area contributed by atoms with E-state index in [0.717, 1.165) is 36.3 Å². The molecule has 0 aliphatic carbocycles. The summed E-state index contributed by atoms with van der Waals surface area (Å²) in [5.74, 6) is 0.724. The fraction of sp³-hybridized carbons (Fsp3) is 0.529. The zero-order valence-corrected chi connectivity index (χ0v) is 12.8. The van der Waals surface area contributed by atoms with Gasteiger partial charge in [0.2, 0.25) is 0 Å². The van der Waals surface area contributed by atoms with E-state index in [4.69, 9.17) is 0 Å². The summed E-state index contributed by atoms with van der Waals surface area (Å²) in [7, 11) is 0. The zero-order valence-electron chi connectivity index (χ0n) is 12.8. The Labute approximate surface area is 121 Å². The molecule has 1 N–H and O–H groups in total. The second kappa shape index (κ2) is 7.34. The molecule has 3 nitrogen and oxygen atoms in total. The predicted molar refractivity (Wildman–Crippen MR) is 84.6 cm³/mol. The van der Waals surface area contributed by atoms with Gasteiger partial charge in [-0.25, -0.2) is 0 Å². The number of rotatable bonds is 7. The van der Waals surface area contributed by atoms with Gasteiger partial charge >= 0.3 is 0 Å². The first-order valence-electron chi connectivity index (χ1n) is 7.65. The van der Waals surface area contributed by atoms with Crippen LogP contribution in [0, 0.1) is 5.92 Å². The quantitative estimate of drug-likeness (QED) is 0.823. The average molecular weight is 271 g/mol. The van der Waals surface area contributed by atoms with Crippen molar-refractivity contribution in [2.45, 2.75) is 46.1 Å². The Morgan fingerprint density at radius 3 is 2.65 bits per heavy atom. The van der Waals surface area contributed by atoms with Gasteiger partial charge in [-0.2, -0.15) is 0 Å². The third-order valence-corrected chi connectivity index (χ3v) is 3.58. The molecular formula is C17H25N3. The highest BCUT2D eigenvalue weighted by molar-refractivity contribution is 5.78. The van der Waals surface area contributed by atoms with Crippen molar-refractivity contribution in [3.63, 3.8) is 0 Å². The summed E-state index contributed by atoms with van der Waals surface area (Å²) in [5.41, 5.74) is 3.30. The predicted octanol–water partition coefficient (Wildman–Crippen LogP) is 4.11. The molecular weight excluding hydrogens is 246 g/mol. The molecule has 20 heavy (non-hydrogen) atoms. The van der Waals surface area contributed by atoms with Crippen molar-refractivity contribution in [2.24, 2.45) is 5.92 Å². The SMILES string of the molecule is CCCNC(CCC(C)C)c1cccc2nccnc12. The smallest absolute Gasteiger partial charge is 0.0934 e. The van der Waals surface area contributed by atoms with Crippen molar-refractivity contribution in [1.82, 2.24) is 15.3 Å². The Balaban J connectivity index is 2.29. The van der Waals surface area contributed by atoms with Crippen LogP contribution in [-0.4, -0.2) is 16.5 Å². The molecule has 0 saturated carbocycles. The van der Waals surface area contributed by atoms with Crippen LogP contribution in [-0.2, 0) is 0 Å². The summed E-state index contributed by atoms with van der Waals surface area (Å²) in [6.07, 6.45) is 7.06. The van der Waals surface area contributed by atoms with E-state index in [1.54, 1.807) is 12.4 Å². The molecule has 108 valence electrons. The lowest BCUT2D eigenvalue weighted by molar-refractivity contribution is 0.442. The Bertz CT molecular complexity index is 531. The van der Waals surface area contributed by atoms with Crippen molar-refractivity contribution < 1.29 is 0 Å². The van der Waals surface area contributed by atoms with Gasteiger partial charge in [0.1, 0.15) is 0 Å². The summed E-state index contributed by atoms with van der Waals surface area (Å²) in [6.45, 7) is 7.80. The van der Waals surface area contributed by atoms with Crippen LogP contribution < -0.4 is 5.32 Å². The van der Waals surface area contributed by atoms with Gasteiger partial charge in [-0.05, 0) is 43.4 Å². The fourth-order valence-electron chi connectivity index (χ4n) is 2.48. The highest BCUT2D eigenvalue weighted by atomic mass is 14.9. The van der Waals surface area contributed by atoms with E-state index < -0.39 is 0 Å². The van der Waals surface area contributed by atoms with Crippen LogP contribution >= 0.6 is 0 Å². The molecule has 0 saturated heterocycles. The monoisotopic (exact) mass is 271 g/mol. The maximum Gasteiger partial charge on any atom is 0.0934 e. The first-order chi connectivity index (χ1) is 9.72. The fourth-order valence-corrected chi connectivity index (χ4v) is 2.48. The largest absolute Gasteiger partial charge is 0.310 e. The van der Waals surface area contributed by atoms with E-state index >= 15 is 0 Å². The topological polar surface area (TPSA) is 37.8 Å². The lowest BCUT2D eigenvalue weighted by Crippen LogP contribution is -2.23. The minimum atomic E-state index is 0.373. The Morgan fingerprint density at radius 1 is 1.10 bits per heavy atom. The van der Waals surface area contributed by atoms with E-state index in [2.05, 4.69) is 48.2 Å². The summed E-state index contributed by atoms with van der Waals surface area (Å²) in [5, 5.41) is 3.67. The molecule has 1 aromatic heterocycles. The number of hydrogen-bond acceptors (Lipinski definition) is 3. The lowest BCUT2D eigenvalue weighted by atomic mass is 9.96. The highest BCUT2D eigenvalue weighted by Crippen LogP contribution is 2.26. The Kier molecular flexibility index (Phi) is 5.48. The highest BCUT2D eigenvalue weighted by Gasteiger charge is 2.15. The van der Waals surface area contributed by atoms with E-state index in [9.17, 15) is 0 Å². The van der Waals surface area contributed by atoms with Crippen molar-refractivity contribution in [3.8, 4) is 0 Å². The number of fused-ring (bicyclic) bond motifs is 1. The summed E-state index contributed by atoms with van der Waals surface area (Å²) >= 11 is 0. The van der Waals surface area contributed by atoms with E-state index in [1.165, 1.54) is 12.0 Å². The summed E-state index contributed by atoms with van der Waals surface area (Å²) in [4.78, 5) is 8.94. The standard InChI is InChI=1S/C17H25N3/c1-4-10-18-15(9-8-13(2)3)14-6-5-7-16-17(14)20-12-11-19-16/h5-7,11-13,15,18H,4,8-10H2,1-3H3. The molecule has 0 spiro atoms. The average Bonchev–Trinajstić information content (AvgIpc) is 2.47. The first-order valence-corrected chi connectivity index (χ1v) is 7.65. The first kappa shape index (κ1) is 14.9. The third kappa shape index (κ3) is 3.76. The van der Waals surface area contributed by atoms with Crippen LogP contribution in [0.15, 0.2) is 30.6 Å². The molecule has 1 heterocycles. The molecule has 0 fully saturated rings. The lowest BCUT2D eigenvalue weighted by Gasteiger charge is -2.21. The van der Waals surface area contributed by atoms with Gasteiger partial charge in [-0.15, -0.1) is 0 Å². The molecule has 3 heteroatoms. The number of nitrogens with zero attached hydrogens (tertiary/aromatic N) is 2. The van der Waals surface area contributed by atoms with Crippen LogP contribution in [0.25, 0.3) is 11.0 Å². The number of nitrogens with one attached hydrogen (secondary N) is 1. The van der Waals surface area contributed by atoms with Crippen molar-refractivity contribution in [2.75, 3.05) is 6.54 Å². The molecule has 2 rings (SSSR count). The second-order valence-electron chi connectivity index (χ2n) is 5.75. The molecule has 0 aliphatic heterocycles. The maximum absolute atomic E-state index is 4.53. The van der Waals surface area contributed by atoms with Gasteiger partial charge in [0.05, 0.1) is 11.0 Å². The third-order valence-electron chi connectivity index (χ3n) is 3.58. The molecule has 1 aromatic carbocycles. The molecule has 0 radical (unpaired) electrons. The summed E-state index contributed by atoms with van der Waals surface area (Å²) in [6, 6.07) is 6.68. The molecule has 1 atom stereocenters. The van der Waals surface area contributed by atoms with Gasteiger partial charge in [0.15, 0.2) is 0 Å². The molecule has 0 aliphatic rings. The van der Waals surface area contributed by atoms with Crippen LogP contribution in [0.4, 0.5) is 0 Å². The van der Waals surface area contributed by atoms with Crippen molar-refractivity contribution in [1.29, 1.82) is 0 Å². The van der Waals surface area contributed by atoms with Crippen LogP contribution in [0.5, 0.6) is 0 Å². The molecule has 0 amide bonds. The van der Waals surface area contributed by atoms with E-state index in [1.807, 2.05) is 6.07 Å². The number of hydrogen-bond donors (Lipinski definition) is 1. The van der Waals surface area contributed by atoms with E-state index in [-0.39, 0.29) is 0 Å². The zero-order chi connectivity index (χ0) is 14.4. The van der Waals surface area contributed by atoms with Gasteiger partial charge in [0.25, 0.3) is 0 Å². The maximum atomic E-state index is 4.53. The van der Waals surface area contributed by atoms with Gasteiger partial charge in [-0.3, -0.25) is 9.97 Å². The van der Waals surface area contributed by atoms with Gasteiger partial charge in [0, 0.05) is 18.4 Å². The molecule has 1 unspecified atom stereocenters. The van der Waals surface area contributed by atoms with Crippen LogP contribution in [0.2, 0.25) is 0 Å². The Hall–Kier alpha value is -1.48. The van der Waals surface area contributed by atoms with Crippen LogP contribution in [0.3, 0.4) is 0 Å². The molecule has 0 bridgehead atoms. The number of aromatic nitrogens is 2. The summed E-state index contributed by atoms with van der Waals surface area (Å²) < 4.78 is 0. The Morgan fingerprint density at radius 2 is 1.90 bits per heavy atom. The minimum Gasteiger partial charge on any atom is -0.310 e. The van der Waals surface area contributed by atoms with Crippen LogP contribution in [0.1, 0.15) is 51.6 Å². The van der Waals surface area contributed by atoms with E-state index in [0.29, 0.717) is 6.04 Å². The minimum absolute atomic E-state index is 0.373. The molecule has 2 aromatic rings. The number of para-hydroxylation sites is 1.